The van der Waals surface area contributed by atoms with Gasteiger partial charge in [0.05, 0.1) is 12.6 Å². The molecule has 116 valence electrons. The van der Waals surface area contributed by atoms with E-state index in [0.29, 0.717) is 0 Å². The Morgan fingerprint density at radius 1 is 1.04 bits per heavy atom. The Morgan fingerprint density at radius 3 is 2.61 bits per heavy atom. The molecule has 1 aliphatic carbocycles. The number of pyridine rings is 1. The summed E-state index contributed by atoms with van der Waals surface area (Å²) in [5.41, 5.74) is 3.82. The van der Waals surface area contributed by atoms with Crippen LogP contribution in [0.15, 0.2) is 60.8 Å². The van der Waals surface area contributed by atoms with Crippen molar-refractivity contribution < 1.29 is 4.74 Å². The second-order valence-electron chi connectivity index (χ2n) is 6.15. The number of fused-ring (bicyclic) bond motifs is 1. The third kappa shape index (κ3) is 2.68. The number of ether oxygens (including phenoxy) is 1. The number of aromatic nitrogens is 1. The van der Waals surface area contributed by atoms with Crippen LogP contribution in [-0.4, -0.2) is 12.1 Å². The molecule has 1 aromatic heterocycles. The van der Waals surface area contributed by atoms with Gasteiger partial charge < -0.3 is 10.1 Å². The summed E-state index contributed by atoms with van der Waals surface area (Å²) >= 11 is 0. The van der Waals surface area contributed by atoms with Crippen molar-refractivity contribution in [2.45, 2.75) is 24.9 Å². The topological polar surface area (TPSA) is 34.1 Å². The Morgan fingerprint density at radius 2 is 1.87 bits per heavy atom. The van der Waals surface area contributed by atoms with Crippen molar-refractivity contribution in [2.75, 3.05) is 7.11 Å². The molecular weight excluding hydrogens is 284 g/mol. The Labute approximate surface area is 136 Å². The number of methoxy groups -OCH3 is 1. The van der Waals surface area contributed by atoms with Gasteiger partial charge in [0, 0.05) is 23.7 Å². The number of nitrogens with one attached hydrogen (secondary N) is 1. The van der Waals surface area contributed by atoms with E-state index in [4.69, 9.17) is 4.74 Å². The van der Waals surface area contributed by atoms with Gasteiger partial charge in [0.15, 0.2) is 0 Å². The van der Waals surface area contributed by atoms with E-state index in [0.717, 1.165) is 17.8 Å². The molecule has 0 radical (unpaired) electrons. The highest BCUT2D eigenvalue weighted by atomic mass is 16.5. The first-order chi connectivity index (χ1) is 11.3. The molecule has 2 aromatic carbocycles. The minimum atomic E-state index is 0.122. The third-order valence-electron chi connectivity index (χ3n) is 4.75. The lowest BCUT2D eigenvalue weighted by atomic mass is 10.0. The zero-order valence-corrected chi connectivity index (χ0v) is 13.3. The molecule has 1 aliphatic rings. The second-order valence-corrected chi connectivity index (χ2v) is 6.15. The SMILES string of the molecule is COc1ccc(C2(NCc3cccc4ncccc34)CC2)cc1. The first kappa shape index (κ1) is 14.2. The largest absolute Gasteiger partial charge is 0.497 e. The predicted octanol–water partition coefficient (Wildman–Crippen LogP) is 4.02. The highest BCUT2D eigenvalue weighted by molar-refractivity contribution is 5.81. The van der Waals surface area contributed by atoms with Crippen LogP contribution in [0.4, 0.5) is 0 Å². The summed E-state index contributed by atoms with van der Waals surface area (Å²) in [6, 6.07) is 18.9. The van der Waals surface area contributed by atoms with Crippen LogP contribution in [0.5, 0.6) is 5.75 Å². The summed E-state index contributed by atoms with van der Waals surface area (Å²) in [4.78, 5) is 4.44. The van der Waals surface area contributed by atoms with Crippen LogP contribution < -0.4 is 10.1 Å². The Balaban J connectivity index is 1.55. The van der Waals surface area contributed by atoms with Crippen molar-refractivity contribution in [3.8, 4) is 5.75 Å². The molecule has 0 atom stereocenters. The smallest absolute Gasteiger partial charge is 0.118 e. The van der Waals surface area contributed by atoms with Crippen molar-refractivity contribution in [3.63, 3.8) is 0 Å². The summed E-state index contributed by atoms with van der Waals surface area (Å²) in [6.45, 7) is 0.856. The first-order valence-corrected chi connectivity index (χ1v) is 8.03. The Bertz CT molecular complexity index is 817. The van der Waals surface area contributed by atoms with E-state index >= 15 is 0 Å². The third-order valence-corrected chi connectivity index (χ3v) is 4.75. The van der Waals surface area contributed by atoms with Gasteiger partial charge in [0.1, 0.15) is 5.75 Å². The molecule has 3 nitrogen and oxygen atoms in total. The molecule has 0 aliphatic heterocycles. The Hall–Kier alpha value is -2.39. The lowest BCUT2D eigenvalue weighted by molar-refractivity contribution is 0.414. The molecule has 1 N–H and O–H groups in total. The minimum Gasteiger partial charge on any atom is -0.497 e. The van der Waals surface area contributed by atoms with Crippen LogP contribution in [0.25, 0.3) is 10.9 Å². The van der Waals surface area contributed by atoms with E-state index in [2.05, 4.69) is 46.7 Å². The van der Waals surface area contributed by atoms with Crippen LogP contribution in [0.2, 0.25) is 0 Å². The van der Waals surface area contributed by atoms with E-state index in [9.17, 15) is 0 Å². The summed E-state index contributed by atoms with van der Waals surface area (Å²) in [5, 5.41) is 4.99. The molecule has 0 unspecified atom stereocenters. The van der Waals surface area contributed by atoms with Crippen LogP contribution in [0, 0.1) is 0 Å². The number of rotatable bonds is 5. The first-order valence-electron chi connectivity index (χ1n) is 8.03. The zero-order chi connectivity index (χ0) is 15.7. The van der Waals surface area contributed by atoms with Gasteiger partial charge in [0.25, 0.3) is 0 Å². The highest BCUT2D eigenvalue weighted by Gasteiger charge is 2.43. The Kier molecular flexibility index (Phi) is 3.50. The molecule has 1 heterocycles. The fraction of sp³-hybridized carbons (Fsp3) is 0.250. The van der Waals surface area contributed by atoms with E-state index < -0.39 is 0 Å². The molecule has 23 heavy (non-hydrogen) atoms. The van der Waals surface area contributed by atoms with Crippen molar-refractivity contribution in [1.82, 2.24) is 10.3 Å². The van der Waals surface area contributed by atoms with Gasteiger partial charge in [-0.15, -0.1) is 0 Å². The van der Waals surface area contributed by atoms with Crippen LogP contribution in [0.1, 0.15) is 24.0 Å². The molecule has 0 saturated heterocycles. The quantitative estimate of drug-likeness (QED) is 0.773. The summed E-state index contributed by atoms with van der Waals surface area (Å²) in [5.74, 6) is 0.907. The average Bonchev–Trinajstić information content (AvgIpc) is 3.41. The normalized spacial score (nSPS) is 15.5. The number of benzene rings is 2. The summed E-state index contributed by atoms with van der Waals surface area (Å²) in [7, 11) is 1.70. The van der Waals surface area contributed by atoms with Crippen LogP contribution >= 0.6 is 0 Å². The van der Waals surface area contributed by atoms with Gasteiger partial charge in [0.2, 0.25) is 0 Å². The van der Waals surface area contributed by atoms with Gasteiger partial charge >= 0.3 is 0 Å². The number of hydrogen-bond donors (Lipinski definition) is 1. The minimum absolute atomic E-state index is 0.122. The van der Waals surface area contributed by atoms with Gasteiger partial charge in [-0.2, -0.15) is 0 Å². The standard InChI is InChI=1S/C20H20N2O/c1-23-17-9-7-16(8-10-17)20(11-12-20)22-14-15-4-2-6-19-18(15)5-3-13-21-19/h2-10,13,22H,11-12,14H2,1H3. The summed E-state index contributed by atoms with van der Waals surface area (Å²) < 4.78 is 5.25. The lowest BCUT2D eigenvalue weighted by Crippen LogP contribution is -2.28. The van der Waals surface area contributed by atoms with Gasteiger partial charge in [-0.25, -0.2) is 0 Å². The molecule has 1 fully saturated rings. The van der Waals surface area contributed by atoms with Gasteiger partial charge in [-0.3, -0.25) is 4.98 Å². The van der Waals surface area contributed by atoms with Gasteiger partial charge in [-0.05, 0) is 48.2 Å². The van der Waals surface area contributed by atoms with Gasteiger partial charge in [-0.1, -0.05) is 30.3 Å². The fourth-order valence-corrected chi connectivity index (χ4v) is 3.19. The van der Waals surface area contributed by atoms with Crippen LogP contribution in [0.3, 0.4) is 0 Å². The van der Waals surface area contributed by atoms with E-state index in [-0.39, 0.29) is 5.54 Å². The molecule has 3 aromatic rings. The molecule has 0 bridgehead atoms. The molecule has 0 amide bonds. The van der Waals surface area contributed by atoms with E-state index in [1.54, 1.807) is 7.11 Å². The molecular formula is C20H20N2O. The van der Waals surface area contributed by atoms with Crippen LogP contribution in [-0.2, 0) is 12.1 Å². The number of hydrogen-bond acceptors (Lipinski definition) is 3. The molecule has 3 heteroatoms. The maximum atomic E-state index is 5.25. The monoisotopic (exact) mass is 304 g/mol. The molecule has 4 rings (SSSR count). The second kappa shape index (κ2) is 5.67. The van der Waals surface area contributed by atoms with E-state index in [1.165, 1.54) is 29.4 Å². The van der Waals surface area contributed by atoms with E-state index in [1.807, 2.05) is 24.4 Å². The summed E-state index contributed by atoms with van der Waals surface area (Å²) in [6.07, 6.45) is 4.21. The lowest BCUT2D eigenvalue weighted by Gasteiger charge is -2.19. The highest BCUT2D eigenvalue weighted by Crippen LogP contribution is 2.46. The maximum absolute atomic E-state index is 5.25. The predicted molar refractivity (Wildman–Crippen MR) is 92.5 cm³/mol. The zero-order valence-electron chi connectivity index (χ0n) is 13.3. The van der Waals surface area contributed by atoms with Crippen molar-refractivity contribution in [1.29, 1.82) is 0 Å². The number of nitrogens with zero attached hydrogens (tertiary/aromatic N) is 1. The fourth-order valence-electron chi connectivity index (χ4n) is 3.19. The maximum Gasteiger partial charge on any atom is 0.118 e. The average molecular weight is 304 g/mol. The molecule has 1 saturated carbocycles. The molecule has 0 spiro atoms. The van der Waals surface area contributed by atoms with Crippen molar-refractivity contribution in [3.05, 3.63) is 71.9 Å². The van der Waals surface area contributed by atoms with Crippen molar-refractivity contribution >= 4 is 10.9 Å². The van der Waals surface area contributed by atoms with Crippen molar-refractivity contribution in [2.24, 2.45) is 0 Å².